The van der Waals surface area contributed by atoms with Crippen LogP contribution in [0.4, 0.5) is 10.3 Å². The Morgan fingerprint density at radius 3 is 1.26 bits per heavy atom. The first-order valence-corrected chi connectivity index (χ1v) is 27.3. The van der Waals surface area contributed by atoms with Crippen LogP contribution < -0.4 is 169 Å². The predicted octanol–water partition coefficient (Wildman–Crippen LogP) is -1.18. The summed E-state index contributed by atoms with van der Waals surface area (Å²) in [4.78, 5) is 65.5. The number of aromatic hydroxyl groups is 1. The Bertz CT molecular complexity index is 3230. The molecule has 6 heterocycles. The molecule has 0 spiro atoms. The SMILES string of the molecule is C.C.CCOC(=O)CC1OB(O)c2cc(O)cc(C)c21.CCOC(=O)CC1OB(O)c2cc(Oc3nnc(Br)s3)cc(C)c21.CCOC(=O)CC1OB(O)c2cc(Oc3nnc([N+](=O)[O-])s3)cc(C)c21.O=CO[O-].O=[N+]([O-])c1nnc(Br)s1.[Cs+].[Cs+].[H-]. The van der Waals surface area contributed by atoms with Gasteiger partial charge in [-0.1, -0.05) is 20.0 Å². The van der Waals surface area contributed by atoms with Crippen LogP contribution in [-0.4, -0.2) is 126 Å². The number of nitro groups is 2. The van der Waals surface area contributed by atoms with Crippen LogP contribution in [0.15, 0.2) is 44.2 Å². The molecule has 6 aromatic rings. The Kier molecular flexibility index (Phi) is 37.4. The molecule has 3 aliphatic heterocycles. The summed E-state index contributed by atoms with van der Waals surface area (Å²) in [7, 11) is -3.43. The summed E-state index contributed by atoms with van der Waals surface area (Å²) >= 11 is 9.00. The number of phenolic OH excluding ortho intramolecular Hbond substituents is 1. The molecule has 3 atom stereocenters. The number of phenols is 1. The maximum Gasteiger partial charge on any atom is 1.00 e. The zero-order valence-corrected chi connectivity index (χ0v) is 63.1. The van der Waals surface area contributed by atoms with E-state index in [4.69, 9.17) is 47.7 Å². The van der Waals surface area contributed by atoms with Crippen molar-refractivity contribution in [3.63, 3.8) is 0 Å². The number of carbonyl (C=O) groups is 4. The van der Waals surface area contributed by atoms with Gasteiger partial charge in [-0.2, -0.15) is 0 Å². The summed E-state index contributed by atoms with van der Waals surface area (Å²) in [5.74, 6) is -0.221. The number of halogens is 2. The average Bonchev–Trinajstić information content (AvgIpc) is 2.41. The van der Waals surface area contributed by atoms with Gasteiger partial charge < -0.3 is 89.6 Å². The van der Waals surface area contributed by atoms with Crippen LogP contribution >= 0.6 is 65.9 Å². The topological polar surface area (TPSA) is 419 Å². The van der Waals surface area contributed by atoms with Gasteiger partial charge >= 0.3 is 193 Å². The van der Waals surface area contributed by atoms with Crippen molar-refractivity contribution in [1.29, 1.82) is 0 Å². The minimum absolute atomic E-state index is 0. The quantitative estimate of drug-likeness (QED) is 0.0169. The van der Waals surface area contributed by atoms with Crippen molar-refractivity contribution in [2.45, 2.75) is 94.0 Å². The number of carbonyl (C=O) groups excluding carboxylic acids is 4. The molecule has 0 saturated carbocycles. The van der Waals surface area contributed by atoms with Crippen molar-refractivity contribution in [1.82, 2.24) is 30.6 Å². The third-order valence-electron chi connectivity index (χ3n) is 10.7. The van der Waals surface area contributed by atoms with Crippen LogP contribution in [0.3, 0.4) is 0 Å². The van der Waals surface area contributed by atoms with Crippen LogP contribution in [0.2, 0.25) is 0 Å². The van der Waals surface area contributed by atoms with Gasteiger partial charge in [-0.25, -0.2) is 0 Å². The van der Waals surface area contributed by atoms with Crippen molar-refractivity contribution in [3.8, 4) is 27.6 Å². The van der Waals surface area contributed by atoms with Crippen molar-refractivity contribution >= 4 is 138 Å². The van der Waals surface area contributed by atoms with Gasteiger partial charge in [0.15, 0.2) is 3.92 Å². The molecule has 0 fully saturated rings. The molecule has 9 rings (SSSR count). The van der Waals surface area contributed by atoms with Crippen LogP contribution in [0, 0.1) is 41.0 Å². The molecule has 4 N–H and O–H groups in total. The number of hydrogen-bond acceptors (Lipinski definition) is 31. The molecule has 0 saturated heterocycles. The number of aromatic nitrogens is 6. The Labute approximate surface area is 634 Å². The Morgan fingerprint density at radius 1 is 0.612 bits per heavy atom. The second-order valence-corrected chi connectivity index (χ2v) is 21.5. The van der Waals surface area contributed by atoms with Crippen molar-refractivity contribution in [3.05, 3.63) is 97.8 Å². The molecular weight excluding hydrogens is 1560 g/mol. The van der Waals surface area contributed by atoms with Gasteiger partial charge in [0, 0.05) is 16.4 Å². The van der Waals surface area contributed by atoms with Crippen LogP contribution in [0.25, 0.3) is 0 Å². The monoisotopic (exact) mass is 1610 g/mol. The molecule has 3 aromatic carbocycles. The summed E-state index contributed by atoms with van der Waals surface area (Å²) in [6, 6.07) is 9.76. The van der Waals surface area contributed by atoms with Crippen LogP contribution in [0.5, 0.6) is 27.6 Å². The zero-order valence-electron chi connectivity index (χ0n) is 45.9. The van der Waals surface area contributed by atoms with E-state index >= 15 is 0 Å². The summed E-state index contributed by atoms with van der Waals surface area (Å²) in [5.41, 5.74) is 6.20. The van der Waals surface area contributed by atoms with E-state index in [0.717, 1.165) is 39.2 Å². The fourth-order valence-electron chi connectivity index (χ4n) is 7.92. The average molecular weight is 1610 g/mol. The zero-order chi connectivity index (χ0) is 59.7. The number of hydrogen-bond donors (Lipinski definition) is 4. The minimum atomic E-state index is -1.21. The normalized spacial score (nSPS) is 14.4. The van der Waals surface area contributed by atoms with E-state index in [9.17, 15) is 54.8 Å². The van der Waals surface area contributed by atoms with Crippen LogP contribution in [-0.2, 0) is 52.2 Å². The minimum Gasteiger partial charge on any atom is -1.00 e. The number of rotatable bonds is 16. The summed E-state index contributed by atoms with van der Waals surface area (Å²) < 4.78 is 43.2. The fraction of sp³-hybridized carbons (Fsp3) is 0.378. The van der Waals surface area contributed by atoms with E-state index in [0.29, 0.717) is 71.0 Å². The van der Waals surface area contributed by atoms with Crippen molar-refractivity contribution < 1.29 is 236 Å². The number of ether oxygens (including phenoxy) is 5. The van der Waals surface area contributed by atoms with E-state index in [1.165, 1.54) is 17.4 Å². The molecule has 40 heteroatoms. The van der Waals surface area contributed by atoms with Crippen molar-refractivity contribution in [2.75, 3.05) is 19.8 Å². The summed E-state index contributed by atoms with van der Waals surface area (Å²) in [6.07, 6.45) is -1.56. The fourth-order valence-corrected chi connectivity index (χ4v) is 10.3. The molecule has 85 heavy (non-hydrogen) atoms. The van der Waals surface area contributed by atoms with Gasteiger partial charge in [0.2, 0.25) is 3.92 Å². The standard InChI is InChI=1S/C14H14BBrN2O5S.C14H14BN3O7S.C12H15BO5.C2BrN3O2S.CH2O3.2CH4.2Cs.H/c1-3-21-11(19)6-10-12-7(2)4-8(5-9(12)15(20)23-10)22-14-18-17-13(16)24-14;1-3-23-11(19)6-10-12-7(2)4-8(5-9(12)15(20)25-10)24-14-17-16-13(26-14)18(21)22;1-3-17-11(15)6-10-12-7(2)4-8(14)5-9(12)13(16)18-10;3-1-4-5-2(9-1)6(7)8;2-1-4-3;;;;;/h4-5,10,20H,3,6H2,1-2H3;4-5,10,20H,3,6H2,1-2H3;4-5,10,14,16H,3,6H2,1-2H3;;1,3H;2*1H4;;;/q;;;;;;;2*+1;-1/p-1. The summed E-state index contributed by atoms with van der Waals surface area (Å²) in [6.45, 7) is 11.4. The Hall–Kier alpha value is -2.60. The number of fused-ring (bicyclic) bond motifs is 3. The van der Waals surface area contributed by atoms with E-state index < -0.39 is 55.5 Å². The van der Waals surface area contributed by atoms with Gasteiger partial charge in [-0.05, 0) is 197 Å². The molecule has 0 aliphatic carbocycles. The predicted molar refractivity (Wildman–Crippen MR) is 304 cm³/mol. The number of esters is 3. The van der Waals surface area contributed by atoms with E-state index in [1.807, 2.05) is 13.0 Å². The molecule has 3 aromatic heterocycles. The number of aryl methyl sites for hydroxylation is 3. The molecular formula is C45H53B3Br2Cs2N8O22S3. The largest absolute Gasteiger partial charge is 1.00 e. The summed E-state index contributed by atoms with van der Waals surface area (Å²) in [5, 5.41) is 89.7. The van der Waals surface area contributed by atoms with Gasteiger partial charge in [-0.3, -0.25) is 19.2 Å². The third-order valence-corrected chi connectivity index (χ3v) is 14.0. The van der Waals surface area contributed by atoms with Gasteiger partial charge in [0.05, 0.1) is 62.5 Å². The molecule has 3 unspecified atom stereocenters. The van der Waals surface area contributed by atoms with E-state index in [-0.39, 0.29) is 220 Å². The van der Waals surface area contributed by atoms with Gasteiger partial charge in [0.25, 0.3) is 11.7 Å². The number of nitrogens with zero attached hydrogens (tertiary/aromatic N) is 8. The van der Waals surface area contributed by atoms with Gasteiger partial charge in [0.1, 0.15) is 22.3 Å². The molecule has 448 valence electrons. The number of benzene rings is 3. The Morgan fingerprint density at radius 2 is 0.941 bits per heavy atom. The maximum absolute atomic E-state index is 11.7. The van der Waals surface area contributed by atoms with E-state index in [2.05, 4.69) is 67.3 Å². The molecule has 3 aliphatic rings. The Balaban J connectivity index is 0.00000112. The third kappa shape index (κ3) is 23.9. The molecule has 0 bridgehead atoms. The second-order valence-electron chi connectivity index (χ2n) is 16.1. The maximum atomic E-state index is 11.7. The smallest absolute Gasteiger partial charge is 1.00 e. The van der Waals surface area contributed by atoms with Crippen LogP contribution in [0.1, 0.15) is 108 Å². The first-order valence-electron chi connectivity index (χ1n) is 23.3. The molecule has 0 amide bonds. The first kappa shape index (κ1) is 80.4. The second kappa shape index (κ2) is 39.5. The van der Waals surface area contributed by atoms with Crippen molar-refractivity contribution in [2.24, 2.45) is 0 Å². The molecule has 30 nitrogen and oxygen atoms in total. The van der Waals surface area contributed by atoms with E-state index in [1.54, 1.807) is 58.9 Å². The van der Waals surface area contributed by atoms with Gasteiger partial charge in [-0.15, -0.1) is 5.10 Å². The first-order chi connectivity index (χ1) is 38.5. The molecule has 0 radical (unpaired) electrons.